The fourth-order valence-corrected chi connectivity index (χ4v) is 4.07. The largest absolute Gasteiger partial charge is 0.392 e. The number of allylic oxidation sites excluding steroid dienone is 2. The van der Waals surface area contributed by atoms with E-state index in [1.54, 1.807) is 0 Å². The van der Waals surface area contributed by atoms with Gasteiger partial charge < -0.3 is 5.11 Å². The average molecular weight is 380 g/mol. The van der Waals surface area contributed by atoms with Gasteiger partial charge in [-0.1, -0.05) is 70.4 Å². The minimum atomic E-state index is 0.271. The zero-order valence-corrected chi connectivity index (χ0v) is 18.4. The summed E-state index contributed by atoms with van der Waals surface area (Å²) in [6.07, 6.45) is 23.7. The molecule has 1 N–H and O–H groups in total. The average Bonchev–Trinajstić information content (AvgIpc) is 3.07. The van der Waals surface area contributed by atoms with Crippen LogP contribution in [0.3, 0.4) is 0 Å². The van der Waals surface area contributed by atoms with E-state index in [0.29, 0.717) is 0 Å². The van der Waals surface area contributed by atoms with Crippen molar-refractivity contribution in [2.24, 2.45) is 0 Å². The van der Waals surface area contributed by atoms with E-state index in [1.807, 2.05) is 0 Å². The summed E-state index contributed by atoms with van der Waals surface area (Å²) >= 11 is 0. The van der Waals surface area contributed by atoms with Crippen molar-refractivity contribution in [3.05, 3.63) is 12.2 Å². The van der Waals surface area contributed by atoms with E-state index in [4.69, 9.17) is 0 Å². The second-order valence-corrected chi connectivity index (χ2v) is 8.04. The molecule has 1 aliphatic heterocycles. The number of aliphatic hydroxyl groups is 1. The lowest BCUT2D eigenvalue weighted by Gasteiger charge is -2.11. The highest BCUT2D eigenvalue weighted by molar-refractivity contribution is 5.78. The normalized spacial score (nSPS) is 14.9. The van der Waals surface area contributed by atoms with Crippen LogP contribution in [0.5, 0.6) is 0 Å². The Labute approximate surface area is 169 Å². The molecule has 0 aliphatic carbocycles. The Morgan fingerprint density at radius 2 is 1.44 bits per heavy atom. The van der Waals surface area contributed by atoms with Gasteiger partial charge in [-0.15, -0.1) is 0 Å². The second-order valence-electron chi connectivity index (χ2n) is 8.04. The van der Waals surface area contributed by atoms with Gasteiger partial charge in [0.2, 0.25) is 5.84 Å². The van der Waals surface area contributed by atoms with Crippen LogP contribution in [-0.4, -0.2) is 53.2 Å². The maximum atomic E-state index is 9.23. The Balaban J connectivity index is 1.95. The Morgan fingerprint density at radius 3 is 2.04 bits per heavy atom. The molecule has 0 aromatic carbocycles. The number of unbranched alkanes of at least 4 members (excludes halogenated alkanes) is 11. The van der Waals surface area contributed by atoms with Gasteiger partial charge >= 0.3 is 0 Å². The third kappa shape index (κ3) is 11.6. The Kier molecular flexibility index (Phi) is 15.5. The molecule has 1 heterocycles. The molecule has 0 unspecified atom stereocenters. The molecule has 0 aromatic rings. The molecule has 0 aromatic heterocycles. The van der Waals surface area contributed by atoms with Gasteiger partial charge in [0.1, 0.15) is 19.6 Å². The van der Waals surface area contributed by atoms with E-state index in [-0.39, 0.29) is 6.61 Å². The van der Waals surface area contributed by atoms with Crippen LogP contribution in [0.2, 0.25) is 0 Å². The fraction of sp³-hybridized carbons (Fsp3) is 0.875. The summed E-state index contributed by atoms with van der Waals surface area (Å²) in [7, 11) is 0. The maximum absolute atomic E-state index is 9.23. The van der Waals surface area contributed by atoms with Crippen molar-refractivity contribution in [3.63, 3.8) is 0 Å². The molecule has 0 radical (unpaired) electrons. The molecule has 0 bridgehead atoms. The lowest BCUT2D eigenvalue weighted by molar-refractivity contribution is -0.521. The third-order valence-electron chi connectivity index (χ3n) is 5.78. The molecule has 1 rings (SSSR count). The van der Waals surface area contributed by atoms with Gasteiger partial charge in [-0.05, 0) is 39.0 Å². The van der Waals surface area contributed by atoms with Gasteiger partial charge in [-0.2, -0.15) is 0 Å². The summed E-state index contributed by atoms with van der Waals surface area (Å²) in [5.74, 6) is 1.48. The van der Waals surface area contributed by atoms with Gasteiger partial charge in [0.25, 0.3) is 0 Å². The van der Waals surface area contributed by atoms with Gasteiger partial charge in [0, 0.05) is 6.42 Å². The van der Waals surface area contributed by atoms with Gasteiger partial charge in [-0.3, -0.25) is 9.48 Å². The van der Waals surface area contributed by atoms with Crippen molar-refractivity contribution in [1.29, 1.82) is 0 Å². The van der Waals surface area contributed by atoms with Crippen molar-refractivity contribution in [1.82, 2.24) is 4.90 Å². The van der Waals surface area contributed by atoms with Crippen LogP contribution in [0.1, 0.15) is 104 Å². The van der Waals surface area contributed by atoms with Gasteiger partial charge in [0.15, 0.2) is 0 Å². The Hall–Kier alpha value is -0.830. The summed E-state index contributed by atoms with van der Waals surface area (Å²) in [5, 5.41) is 9.23. The Morgan fingerprint density at radius 1 is 0.852 bits per heavy atom. The van der Waals surface area contributed by atoms with Crippen molar-refractivity contribution >= 4 is 5.84 Å². The summed E-state index contributed by atoms with van der Waals surface area (Å²) < 4.78 is 2.39. The zero-order valence-electron chi connectivity index (χ0n) is 18.4. The topological polar surface area (TPSA) is 26.5 Å². The molecule has 3 heteroatoms. The first-order chi connectivity index (χ1) is 13.3. The van der Waals surface area contributed by atoms with Crippen LogP contribution in [-0.2, 0) is 0 Å². The number of hydrogen-bond acceptors (Lipinski definition) is 2. The fourth-order valence-electron chi connectivity index (χ4n) is 4.07. The third-order valence-corrected chi connectivity index (χ3v) is 5.78. The van der Waals surface area contributed by atoms with Crippen LogP contribution in [0.15, 0.2) is 12.2 Å². The predicted octanol–water partition coefficient (Wildman–Crippen LogP) is 5.76. The van der Waals surface area contributed by atoms with Crippen LogP contribution >= 0.6 is 0 Å². The number of amidine groups is 1. The van der Waals surface area contributed by atoms with Crippen LogP contribution in [0, 0.1) is 0 Å². The molecule has 0 spiro atoms. The van der Waals surface area contributed by atoms with Crippen molar-refractivity contribution < 1.29 is 9.68 Å². The zero-order chi connectivity index (χ0) is 19.6. The van der Waals surface area contributed by atoms with E-state index >= 15 is 0 Å². The van der Waals surface area contributed by atoms with Crippen LogP contribution < -0.4 is 0 Å². The highest BCUT2D eigenvalue weighted by Gasteiger charge is 2.27. The highest BCUT2D eigenvalue weighted by atomic mass is 16.3. The van der Waals surface area contributed by atoms with E-state index in [1.165, 1.54) is 95.7 Å². The monoisotopic (exact) mass is 379 g/mol. The number of nitrogens with zero attached hydrogens (tertiary/aromatic N) is 2. The minimum absolute atomic E-state index is 0.271. The predicted molar refractivity (Wildman–Crippen MR) is 119 cm³/mol. The standard InChI is InChI=1S/C24H47N2O/c1-3-5-6-7-8-9-10-11-12-13-14-15-16-17-18-19-24-25(4-2)20-21-26(24)22-23-27/h11-12,27H,3-10,13-23H2,1-2H3/q+1. The second kappa shape index (κ2) is 17.3. The molecule has 0 atom stereocenters. The SMILES string of the molecule is CCCCCCCCC=CCCCCCCCC1=[N+](CCO)CCN1CC. The molecule has 0 saturated carbocycles. The van der Waals surface area contributed by atoms with Crippen molar-refractivity contribution in [2.75, 3.05) is 32.8 Å². The number of β-amino-alcohol motifs (C(OH)–C–C–N with tert-alkyl or cyclic N) is 1. The van der Waals surface area contributed by atoms with Crippen molar-refractivity contribution in [3.8, 4) is 0 Å². The molecule has 0 amide bonds. The van der Waals surface area contributed by atoms with E-state index < -0.39 is 0 Å². The molecule has 0 saturated heterocycles. The van der Waals surface area contributed by atoms with E-state index in [2.05, 4.69) is 35.5 Å². The quantitative estimate of drug-likeness (QED) is 0.186. The molecule has 1 aliphatic rings. The molecule has 27 heavy (non-hydrogen) atoms. The molecule has 0 fully saturated rings. The molecule has 158 valence electrons. The summed E-state index contributed by atoms with van der Waals surface area (Å²) in [5.41, 5.74) is 0. The van der Waals surface area contributed by atoms with Gasteiger partial charge in [-0.25, -0.2) is 0 Å². The lowest BCUT2D eigenvalue weighted by atomic mass is 10.1. The number of likely N-dealkylation sites (N-methyl/N-ethyl adjacent to an activating group) is 1. The molecule has 3 nitrogen and oxygen atoms in total. The van der Waals surface area contributed by atoms with E-state index in [0.717, 1.165) is 26.2 Å². The summed E-state index contributed by atoms with van der Waals surface area (Å²) in [4.78, 5) is 2.49. The maximum Gasteiger partial charge on any atom is 0.247 e. The molecular formula is C24H47N2O+. The van der Waals surface area contributed by atoms with Crippen LogP contribution in [0.4, 0.5) is 0 Å². The smallest absolute Gasteiger partial charge is 0.247 e. The first kappa shape index (κ1) is 24.2. The first-order valence-electron chi connectivity index (χ1n) is 11.9. The summed E-state index contributed by atoms with van der Waals surface area (Å²) in [6.45, 7) is 8.92. The number of hydrogen-bond donors (Lipinski definition) is 1. The number of aliphatic hydroxyl groups excluding tert-OH is 1. The number of rotatable bonds is 18. The highest BCUT2D eigenvalue weighted by Crippen LogP contribution is 2.13. The minimum Gasteiger partial charge on any atom is -0.392 e. The Bertz CT molecular complexity index is 403. The molecular weight excluding hydrogens is 332 g/mol. The van der Waals surface area contributed by atoms with E-state index in [9.17, 15) is 5.11 Å². The summed E-state index contributed by atoms with van der Waals surface area (Å²) in [6, 6.07) is 0. The van der Waals surface area contributed by atoms with Crippen LogP contribution in [0.25, 0.3) is 0 Å². The lowest BCUT2D eigenvalue weighted by Crippen LogP contribution is -2.30. The first-order valence-corrected chi connectivity index (χ1v) is 11.9. The van der Waals surface area contributed by atoms with Gasteiger partial charge in [0.05, 0.1) is 13.2 Å². The van der Waals surface area contributed by atoms with Crippen molar-refractivity contribution in [2.45, 2.75) is 104 Å².